The zero-order chi connectivity index (χ0) is 14.5. The normalized spacial score (nSPS) is 10.0. The summed E-state index contributed by atoms with van der Waals surface area (Å²) in [5.74, 6) is -1.79. The molecule has 2 rings (SSSR count). The van der Waals surface area contributed by atoms with Gasteiger partial charge in [0.2, 0.25) is 0 Å². The number of carboxylic acids is 1. The number of carboxylic acid groups (broad SMARTS) is 1. The molecule has 0 atom stereocenters. The lowest BCUT2D eigenvalue weighted by molar-refractivity contribution is 0.0693. The van der Waals surface area contributed by atoms with Gasteiger partial charge in [-0.2, -0.15) is 0 Å². The number of hydrogen-bond donors (Lipinski definition) is 4. The predicted octanol–water partition coefficient (Wildman–Crippen LogP) is 1.40. The molecule has 1 heterocycles. The number of phenols is 1. The second-order valence-electron chi connectivity index (χ2n) is 3.81. The Hall–Kier alpha value is -3.03. The van der Waals surface area contributed by atoms with Gasteiger partial charge in [0.1, 0.15) is 17.5 Å². The molecule has 1 aromatic carbocycles. The lowest BCUT2D eigenvalue weighted by Crippen LogP contribution is -2.28. The number of aromatic hydroxyl groups is 1. The van der Waals surface area contributed by atoms with Crippen LogP contribution in [0.2, 0.25) is 0 Å². The summed E-state index contributed by atoms with van der Waals surface area (Å²) in [6.07, 6.45) is 1.37. The van der Waals surface area contributed by atoms with E-state index >= 15 is 0 Å². The third-order valence-corrected chi connectivity index (χ3v) is 2.44. The van der Waals surface area contributed by atoms with Crippen molar-refractivity contribution in [1.29, 1.82) is 0 Å². The number of carbonyl (C=O) groups is 2. The maximum Gasteiger partial charge on any atom is 0.339 e. The Morgan fingerprint density at radius 3 is 2.75 bits per heavy atom. The van der Waals surface area contributed by atoms with Gasteiger partial charge in [-0.25, -0.2) is 9.59 Å². The number of nitrogens with zero attached hydrogens (tertiary/aromatic N) is 1. The first-order valence-corrected chi connectivity index (χ1v) is 5.57. The third kappa shape index (κ3) is 3.05. The van der Waals surface area contributed by atoms with E-state index < -0.39 is 17.7 Å². The first-order valence-electron chi connectivity index (χ1n) is 5.57. The van der Waals surface area contributed by atoms with Crippen molar-refractivity contribution in [2.75, 3.05) is 5.32 Å². The third-order valence-electron chi connectivity index (χ3n) is 2.44. The molecule has 20 heavy (non-hydrogen) atoms. The van der Waals surface area contributed by atoms with Crippen LogP contribution >= 0.6 is 0 Å². The second-order valence-corrected chi connectivity index (χ2v) is 3.81. The summed E-state index contributed by atoms with van der Waals surface area (Å²) in [6.45, 7) is 0.141. The molecule has 104 valence electrons. The molecule has 4 N–H and O–H groups in total. The minimum absolute atomic E-state index is 0.00236. The van der Waals surface area contributed by atoms with Crippen LogP contribution in [0.1, 0.15) is 16.1 Å². The molecule has 8 nitrogen and oxygen atoms in total. The van der Waals surface area contributed by atoms with Crippen LogP contribution in [0.25, 0.3) is 0 Å². The van der Waals surface area contributed by atoms with E-state index in [2.05, 4.69) is 20.3 Å². The molecule has 0 spiro atoms. The summed E-state index contributed by atoms with van der Waals surface area (Å²) in [7, 11) is 0. The van der Waals surface area contributed by atoms with Crippen molar-refractivity contribution in [2.24, 2.45) is 0 Å². The number of para-hydroxylation sites is 1. The van der Waals surface area contributed by atoms with E-state index in [1.165, 1.54) is 24.5 Å². The van der Waals surface area contributed by atoms with Gasteiger partial charge in [0.25, 0.3) is 0 Å². The average Bonchev–Trinajstić information content (AvgIpc) is 2.91. The maximum absolute atomic E-state index is 11.6. The van der Waals surface area contributed by atoms with E-state index in [1.807, 2.05) is 0 Å². The van der Waals surface area contributed by atoms with Crippen molar-refractivity contribution in [3.05, 3.63) is 41.8 Å². The number of nitrogens with one attached hydrogen (secondary N) is 2. The highest BCUT2D eigenvalue weighted by Crippen LogP contribution is 2.27. The fraction of sp³-hybridized carbons (Fsp3) is 0.0833. The molecule has 8 heteroatoms. The number of anilines is 1. The average molecular weight is 277 g/mol. The van der Waals surface area contributed by atoms with Crippen LogP contribution in [-0.2, 0) is 6.54 Å². The number of carbonyl (C=O) groups excluding carboxylic acids is 1. The maximum atomic E-state index is 11.6. The number of hydrogen-bond acceptors (Lipinski definition) is 5. The molecular formula is C12H11N3O5. The standard InChI is InChI=1S/C12H11N3O5/c16-10-8(11(17)18)2-1-3-9(10)14-12(19)13-6-7-4-5-20-15-7/h1-5,16H,6H2,(H,17,18)(H2,13,14,19). The van der Waals surface area contributed by atoms with Gasteiger partial charge < -0.3 is 25.4 Å². The summed E-state index contributed by atoms with van der Waals surface area (Å²) in [5.41, 5.74) is 0.241. The number of amides is 2. The Kier molecular flexibility index (Phi) is 3.85. The first kappa shape index (κ1) is 13.4. The minimum atomic E-state index is -1.28. The Bertz CT molecular complexity index is 624. The largest absolute Gasteiger partial charge is 0.505 e. The molecule has 0 unspecified atom stereocenters. The highest BCUT2D eigenvalue weighted by Gasteiger charge is 2.14. The molecule has 2 aromatic rings. The molecule has 0 bridgehead atoms. The predicted molar refractivity (Wildman–Crippen MR) is 67.4 cm³/mol. The smallest absolute Gasteiger partial charge is 0.339 e. The van der Waals surface area contributed by atoms with Crippen molar-refractivity contribution in [2.45, 2.75) is 6.54 Å². The molecule has 2 amide bonds. The van der Waals surface area contributed by atoms with E-state index in [0.29, 0.717) is 5.69 Å². The van der Waals surface area contributed by atoms with Crippen LogP contribution < -0.4 is 10.6 Å². The van der Waals surface area contributed by atoms with Gasteiger partial charge in [0.05, 0.1) is 12.2 Å². The Labute approximate surface area is 113 Å². The van der Waals surface area contributed by atoms with Crippen LogP contribution in [0.5, 0.6) is 5.75 Å². The van der Waals surface area contributed by atoms with Crippen molar-refractivity contribution >= 4 is 17.7 Å². The zero-order valence-electron chi connectivity index (χ0n) is 10.2. The fourth-order valence-electron chi connectivity index (χ4n) is 1.48. The van der Waals surface area contributed by atoms with Crippen molar-refractivity contribution in [3.63, 3.8) is 0 Å². The molecule has 1 aromatic heterocycles. The van der Waals surface area contributed by atoms with E-state index in [4.69, 9.17) is 5.11 Å². The second kappa shape index (κ2) is 5.74. The molecule has 0 fully saturated rings. The zero-order valence-corrected chi connectivity index (χ0v) is 10.2. The van der Waals surface area contributed by atoms with Crippen LogP contribution in [0.4, 0.5) is 10.5 Å². The van der Waals surface area contributed by atoms with Crippen molar-refractivity contribution in [1.82, 2.24) is 10.5 Å². The SMILES string of the molecule is O=C(NCc1ccon1)Nc1cccc(C(=O)O)c1O. The number of rotatable bonds is 4. The molecule has 0 aliphatic heterocycles. The van der Waals surface area contributed by atoms with Gasteiger partial charge in [-0.15, -0.1) is 0 Å². The lowest BCUT2D eigenvalue weighted by Gasteiger charge is -2.09. The molecular weight excluding hydrogens is 266 g/mol. The molecule has 0 saturated carbocycles. The first-order chi connectivity index (χ1) is 9.58. The minimum Gasteiger partial charge on any atom is -0.505 e. The van der Waals surface area contributed by atoms with E-state index in [1.54, 1.807) is 6.07 Å². The van der Waals surface area contributed by atoms with Gasteiger partial charge in [-0.05, 0) is 12.1 Å². The van der Waals surface area contributed by atoms with Crippen LogP contribution in [0, 0.1) is 0 Å². The Balaban J connectivity index is 2.01. The van der Waals surface area contributed by atoms with Gasteiger partial charge in [-0.1, -0.05) is 11.2 Å². The Morgan fingerprint density at radius 2 is 2.10 bits per heavy atom. The monoisotopic (exact) mass is 277 g/mol. The quantitative estimate of drug-likeness (QED) is 0.626. The number of benzene rings is 1. The highest BCUT2D eigenvalue weighted by molar-refractivity contribution is 5.97. The van der Waals surface area contributed by atoms with Crippen LogP contribution in [0.3, 0.4) is 0 Å². The van der Waals surface area contributed by atoms with Crippen molar-refractivity contribution < 1.29 is 24.3 Å². The fourth-order valence-corrected chi connectivity index (χ4v) is 1.48. The van der Waals surface area contributed by atoms with Crippen LogP contribution in [-0.4, -0.2) is 27.4 Å². The Morgan fingerprint density at radius 1 is 1.30 bits per heavy atom. The van der Waals surface area contributed by atoms with Gasteiger partial charge in [0, 0.05) is 6.07 Å². The molecule has 0 aliphatic rings. The summed E-state index contributed by atoms with van der Waals surface area (Å²) in [6, 6.07) is 5.01. The molecule has 0 aliphatic carbocycles. The van der Waals surface area contributed by atoms with Crippen molar-refractivity contribution in [3.8, 4) is 5.75 Å². The summed E-state index contributed by atoms with van der Waals surface area (Å²) in [4.78, 5) is 22.4. The van der Waals surface area contributed by atoms with E-state index in [-0.39, 0.29) is 17.8 Å². The number of aromatic carboxylic acids is 1. The van der Waals surface area contributed by atoms with Crippen LogP contribution in [0.15, 0.2) is 35.1 Å². The van der Waals surface area contributed by atoms with Gasteiger partial charge in [-0.3, -0.25) is 0 Å². The lowest BCUT2D eigenvalue weighted by atomic mass is 10.2. The molecule has 0 saturated heterocycles. The topological polar surface area (TPSA) is 125 Å². The summed E-state index contributed by atoms with van der Waals surface area (Å²) >= 11 is 0. The number of urea groups is 1. The van der Waals surface area contributed by atoms with E-state index in [9.17, 15) is 14.7 Å². The summed E-state index contributed by atoms with van der Waals surface area (Å²) < 4.78 is 4.60. The van der Waals surface area contributed by atoms with Gasteiger partial charge in [0.15, 0.2) is 5.75 Å². The molecule has 0 radical (unpaired) electrons. The van der Waals surface area contributed by atoms with Gasteiger partial charge >= 0.3 is 12.0 Å². The van der Waals surface area contributed by atoms with E-state index in [0.717, 1.165) is 0 Å². The highest BCUT2D eigenvalue weighted by atomic mass is 16.5. The summed E-state index contributed by atoms with van der Waals surface area (Å²) in [5, 5.41) is 27.0. The number of aromatic nitrogens is 1.